The molecule has 136 valence electrons. The second-order valence-electron chi connectivity index (χ2n) is 6.17. The lowest BCUT2D eigenvalue weighted by Crippen LogP contribution is -2.32. The van der Waals surface area contributed by atoms with E-state index in [2.05, 4.69) is 10.3 Å². The predicted octanol–water partition coefficient (Wildman–Crippen LogP) is 4.49. The first-order valence-electron chi connectivity index (χ1n) is 8.16. The number of fused-ring (bicyclic) bond motifs is 1. The molecule has 2 unspecified atom stereocenters. The van der Waals surface area contributed by atoms with Gasteiger partial charge in [0.25, 0.3) is 0 Å². The topological polar surface area (TPSA) is 46.9 Å². The van der Waals surface area contributed by atoms with Crippen molar-refractivity contribution in [3.8, 4) is 0 Å². The zero-order valence-electron chi connectivity index (χ0n) is 14.3. The van der Waals surface area contributed by atoms with E-state index in [1.807, 2.05) is 24.3 Å². The van der Waals surface area contributed by atoms with Crippen LogP contribution in [0.15, 0.2) is 54.9 Å². The van der Waals surface area contributed by atoms with Gasteiger partial charge in [0.2, 0.25) is 5.91 Å². The molecule has 1 amide bonds. The van der Waals surface area contributed by atoms with Gasteiger partial charge in [0.15, 0.2) is 0 Å². The number of benzene rings is 2. The van der Waals surface area contributed by atoms with Gasteiger partial charge in [0, 0.05) is 0 Å². The SMILES string of the molecule is CC(NC(=O)C(C)n1cnc2ccccc21)c1ccc(C(F)(F)F)cc1. The third-order valence-corrected chi connectivity index (χ3v) is 4.37. The second-order valence-corrected chi connectivity index (χ2v) is 6.17. The number of para-hydroxylation sites is 2. The van der Waals surface area contributed by atoms with Gasteiger partial charge in [-0.1, -0.05) is 24.3 Å². The molecule has 4 nitrogen and oxygen atoms in total. The van der Waals surface area contributed by atoms with Gasteiger partial charge in [0.1, 0.15) is 6.04 Å². The predicted molar refractivity (Wildman–Crippen MR) is 92.4 cm³/mol. The maximum Gasteiger partial charge on any atom is 0.416 e. The van der Waals surface area contributed by atoms with Crippen LogP contribution in [0.3, 0.4) is 0 Å². The van der Waals surface area contributed by atoms with E-state index >= 15 is 0 Å². The molecule has 2 atom stereocenters. The van der Waals surface area contributed by atoms with Gasteiger partial charge in [-0.05, 0) is 43.7 Å². The summed E-state index contributed by atoms with van der Waals surface area (Å²) < 4.78 is 39.7. The van der Waals surface area contributed by atoms with Crippen LogP contribution in [-0.2, 0) is 11.0 Å². The standard InChI is InChI=1S/C19H18F3N3O/c1-12(14-7-9-15(10-8-14)19(20,21)22)24-18(26)13(2)25-11-23-16-5-3-4-6-17(16)25/h3-13H,1-2H3,(H,24,26). The number of carbonyl (C=O) groups excluding carboxylic acids is 1. The summed E-state index contributed by atoms with van der Waals surface area (Å²) in [6.45, 7) is 3.49. The minimum absolute atomic E-state index is 0.236. The Labute approximate surface area is 148 Å². The Bertz CT molecular complexity index is 916. The Balaban J connectivity index is 1.72. The molecule has 3 aromatic rings. The number of amides is 1. The highest BCUT2D eigenvalue weighted by molar-refractivity contribution is 5.83. The average molecular weight is 361 g/mol. The summed E-state index contributed by atoms with van der Waals surface area (Å²) in [5.74, 6) is -0.236. The summed E-state index contributed by atoms with van der Waals surface area (Å²) in [4.78, 5) is 16.8. The third-order valence-electron chi connectivity index (χ3n) is 4.37. The van der Waals surface area contributed by atoms with E-state index in [-0.39, 0.29) is 5.91 Å². The summed E-state index contributed by atoms with van der Waals surface area (Å²) in [5, 5.41) is 2.84. The van der Waals surface area contributed by atoms with Crippen molar-refractivity contribution in [1.82, 2.24) is 14.9 Å². The van der Waals surface area contributed by atoms with E-state index < -0.39 is 23.8 Å². The Morgan fingerprint density at radius 3 is 2.38 bits per heavy atom. The molecule has 1 heterocycles. The van der Waals surface area contributed by atoms with Gasteiger partial charge in [-0.3, -0.25) is 4.79 Å². The van der Waals surface area contributed by atoms with Crippen molar-refractivity contribution < 1.29 is 18.0 Å². The van der Waals surface area contributed by atoms with Crippen LogP contribution >= 0.6 is 0 Å². The zero-order valence-corrected chi connectivity index (χ0v) is 14.3. The van der Waals surface area contributed by atoms with Gasteiger partial charge in [-0.15, -0.1) is 0 Å². The summed E-state index contributed by atoms with van der Waals surface area (Å²) in [6.07, 6.45) is -2.76. The number of imidazole rings is 1. The van der Waals surface area contributed by atoms with Crippen LogP contribution < -0.4 is 5.32 Å². The first-order chi connectivity index (χ1) is 12.3. The Morgan fingerprint density at radius 1 is 1.08 bits per heavy atom. The van der Waals surface area contributed by atoms with E-state index in [1.54, 1.807) is 24.7 Å². The van der Waals surface area contributed by atoms with Crippen LogP contribution in [0.25, 0.3) is 11.0 Å². The number of carbonyl (C=O) groups is 1. The molecule has 1 N–H and O–H groups in total. The molecule has 0 aliphatic carbocycles. The quantitative estimate of drug-likeness (QED) is 0.744. The fourth-order valence-corrected chi connectivity index (χ4v) is 2.79. The number of rotatable bonds is 4. The summed E-state index contributed by atoms with van der Waals surface area (Å²) >= 11 is 0. The van der Waals surface area contributed by atoms with Crippen LogP contribution in [0.5, 0.6) is 0 Å². The third kappa shape index (κ3) is 3.56. The Hall–Kier alpha value is -2.83. The molecule has 1 aromatic heterocycles. The molecule has 0 bridgehead atoms. The summed E-state index contributed by atoms with van der Waals surface area (Å²) in [6, 6.07) is 11.4. The number of hydrogen-bond donors (Lipinski definition) is 1. The summed E-state index contributed by atoms with van der Waals surface area (Å²) in [5.41, 5.74) is 1.53. The van der Waals surface area contributed by atoms with Gasteiger partial charge in [-0.2, -0.15) is 13.2 Å². The molecule has 2 aromatic carbocycles. The Kier molecular flexibility index (Phi) is 4.71. The molecular weight excluding hydrogens is 343 g/mol. The molecule has 0 aliphatic rings. The minimum Gasteiger partial charge on any atom is -0.348 e. The van der Waals surface area contributed by atoms with E-state index in [4.69, 9.17) is 0 Å². The van der Waals surface area contributed by atoms with Crippen molar-refractivity contribution in [1.29, 1.82) is 0 Å². The van der Waals surface area contributed by atoms with Crippen LogP contribution in [0.1, 0.15) is 37.1 Å². The fraction of sp³-hybridized carbons (Fsp3) is 0.263. The summed E-state index contributed by atoms with van der Waals surface area (Å²) in [7, 11) is 0. The largest absolute Gasteiger partial charge is 0.416 e. The van der Waals surface area contributed by atoms with Gasteiger partial charge in [-0.25, -0.2) is 4.98 Å². The molecule has 0 saturated carbocycles. The van der Waals surface area contributed by atoms with Crippen molar-refractivity contribution in [2.45, 2.75) is 32.1 Å². The number of hydrogen-bond acceptors (Lipinski definition) is 2. The van der Waals surface area contributed by atoms with Gasteiger partial charge < -0.3 is 9.88 Å². The van der Waals surface area contributed by atoms with Crippen molar-refractivity contribution in [2.24, 2.45) is 0 Å². The highest BCUT2D eigenvalue weighted by Gasteiger charge is 2.30. The number of nitrogens with one attached hydrogen (secondary N) is 1. The first kappa shape index (κ1) is 18.0. The van der Waals surface area contributed by atoms with Gasteiger partial charge in [0.05, 0.1) is 29.0 Å². The highest BCUT2D eigenvalue weighted by atomic mass is 19.4. The van der Waals surface area contributed by atoms with Crippen LogP contribution in [-0.4, -0.2) is 15.5 Å². The normalized spacial score (nSPS) is 14.2. The number of nitrogens with zero attached hydrogens (tertiary/aromatic N) is 2. The van der Waals surface area contributed by atoms with Crippen molar-refractivity contribution in [3.05, 3.63) is 66.0 Å². The van der Waals surface area contributed by atoms with Crippen LogP contribution in [0.2, 0.25) is 0 Å². The van der Waals surface area contributed by atoms with Gasteiger partial charge >= 0.3 is 6.18 Å². The Morgan fingerprint density at radius 2 is 1.73 bits per heavy atom. The molecular formula is C19H18F3N3O. The molecule has 3 rings (SSSR count). The van der Waals surface area contributed by atoms with E-state index in [0.717, 1.165) is 23.2 Å². The number of aromatic nitrogens is 2. The lowest BCUT2D eigenvalue weighted by molar-refractivity contribution is -0.137. The highest BCUT2D eigenvalue weighted by Crippen LogP contribution is 2.30. The molecule has 0 spiro atoms. The lowest BCUT2D eigenvalue weighted by atomic mass is 10.1. The van der Waals surface area contributed by atoms with Crippen molar-refractivity contribution in [2.75, 3.05) is 0 Å². The lowest BCUT2D eigenvalue weighted by Gasteiger charge is -2.19. The smallest absolute Gasteiger partial charge is 0.348 e. The molecule has 0 aliphatic heterocycles. The molecule has 0 saturated heterocycles. The first-order valence-corrected chi connectivity index (χ1v) is 8.16. The minimum atomic E-state index is -4.37. The number of halogens is 3. The maximum atomic E-state index is 12.6. The molecule has 0 fully saturated rings. The monoisotopic (exact) mass is 361 g/mol. The molecule has 26 heavy (non-hydrogen) atoms. The van der Waals surface area contributed by atoms with E-state index in [1.165, 1.54) is 12.1 Å². The maximum absolute atomic E-state index is 12.6. The van der Waals surface area contributed by atoms with Crippen LogP contribution in [0.4, 0.5) is 13.2 Å². The number of alkyl halides is 3. The van der Waals surface area contributed by atoms with Crippen LogP contribution in [0, 0.1) is 0 Å². The van der Waals surface area contributed by atoms with Crippen molar-refractivity contribution >= 4 is 16.9 Å². The second kappa shape index (κ2) is 6.82. The molecule has 7 heteroatoms. The molecule has 0 radical (unpaired) electrons. The fourth-order valence-electron chi connectivity index (χ4n) is 2.79. The van der Waals surface area contributed by atoms with E-state index in [0.29, 0.717) is 5.56 Å². The zero-order chi connectivity index (χ0) is 18.9. The van der Waals surface area contributed by atoms with E-state index in [9.17, 15) is 18.0 Å². The van der Waals surface area contributed by atoms with Crippen molar-refractivity contribution in [3.63, 3.8) is 0 Å². The average Bonchev–Trinajstić information content (AvgIpc) is 3.04.